The Morgan fingerprint density at radius 3 is 2.76 bits per heavy atom. The topological polar surface area (TPSA) is 89.1 Å². The number of alkyl halides is 3. The Hall–Kier alpha value is -4.34. The minimum absolute atomic E-state index is 0.0650. The molecule has 2 aromatic carbocycles. The van der Waals surface area contributed by atoms with E-state index in [0.717, 1.165) is 23.3 Å². The van der Waals surface area contributed by atoms with Gasteiger partial charge in [0.1, 0.15) is 28.9 Å². The SMILES string of the molecule is CC(C)CCc1cc(-c2cnc(C3COc4ccc(Oc5ccnc6c5CCC(=O)N6)cc4C3)[nH]2)cc(C(F)(F)F)c1. The fraction of sp³-hybridized carbons (Fsp3) is 0.344. The predicted octanol–water partition coefficient (Wildman–Crippen LogP) is 7.47. The Morgan fingerprint density at radius 1 is 1.10 bits per heavy atom. The second-order valence-corrected chi connectivity index (χ2v) is 11.3. The second-order valence-electron chi connectivity index (χ2n) is 11.3. The van der Waals surface area contributed by atoms with Crippen molar-refractivity contribution in [2.45, 2.75) is 58.0 Å². The number of aromatic nitrogens is 3. The summed E-state index contributed by atoms with van der Waals surface area (Å²) < 4.78 is 53.3. The number of benzene rings is 2. The lowest BCUT2D eigenvalue weighted by molar-refractivity contribution is -0.137. The molecular formula is C32H31F3N4O3. The fourth-order valence-electron chi connectivity index (χ4n) is 5.39. The highest BCUT2D eigenvalue weighted by atomic mass is 19.4. The molecule has 0 aliphatic carbocycles. The van der Waals surface area contributed by atoms with Crippen LogP contribution in [0, 0.1) is 5.92 Å². The molecule has 1 amide bonds. The van der Waals surface area contributed by atoms with Gasteiger partial charge in [0, 0.05) is 23.7 Å². The maximum atomic E-state index is 13.7. The van der Waals surface area contributed by atoms with Gasteiger partial charge in [0.05, 0.1) is 30.0 Å². The number of anilines is 1. The van der Waals surface area contributed by atoms with Gasteiger partial charge in [0.15, 0.2) is 0 Å². The molecule has 218 valence electrons. The fourth-order valence-corrected chi connectivity index (χ4v) is 5.39. The Kier molecular flexibility index (Phi) is 7.38. The smallest absolute Gasteiger partial charge is 0.416 e. The van der Waals surface area contributed by atoms with Gasteiger partial charge in [-0.2, -0.15) is 13.2 Å². The van der Waals surface area contributed by atoms with Crippen LogP contribution in [0.2, 0.25) is 0 Å². The van der Waals surface area contributed by atoms with Gasteiger partial charge >= 0.3 is 6.18 Å². The summed E-state index contributed by atoms with van der Waals surface area (Å²) in [7, 11) is 0. The maximum absolute atomic E-state index is 13.7. The first kappa shape index (κ1) is 27.8. The van der Waals surface area contributed by atoms with Gasteiger partial charge in [-0.15, -0.1) is 0 Å². The number of amides is 1. The first-order chi connectivity index (χ1) is 20.1. The molecule has 10 heteroatoms. The zero-order valence-electron chi connectivity index (χ0n) is 23.3. The first-order valence-electron chi connectivity index (χ1n) is 14.1. The van der Waals surface area contributed by atoms with E-state index in [1.165, 1.54) is 12.1 Å². The van der Waals surface area contributed by atoms with Crippen molar-refractivity contribution in [2.75, 3.05) is 11.9 Å². The van der Waals surface area contributed by atoms with E-state index in [1.807, 2.05) is 24.3 Å². The number of fused-ring (bicyclic) bond motifs is 2. The molecule has 7 nitrogen and oxygen atoms in total. The molecule has 1 unspecified atom stereocenters. The molecule has 0 spiro atoms. The lowest BCUT2D eigenvalue weighted by Crippen LogP contribution is -2.20. The summed E-state index contributed by atoms with van der Waals surface area (Å²) in [5.41, 5.74) is 2.80. The number of nitrogens with one attached hydrogen (secondary N) is 2. The van der Waals surface area contributed by atoms with Crippen LogP contribution in [0.25, 0.3) is 11.3 Å². The number of aromatic amines is 1. The van der Waals surface area contributed by atoms with Gasteiger partial charge in [-0.25, -0.2) is 9.97 Å². The molecule has 2 N–H and O–H groups in total. The third kappa shape index (κ3) is 5.98. The molecular weight excluding hydrogens is 545 g/mol. The van der Waals surface area contributed by atoms with E-state index in [1.54, 1.807) is 18.5 Å². The number of hydrogen-bond donors (Lipinski definition) is 2. The lowest BCUT2D eigenvalue weighted by atomic mass is 9.96. The number of rotatable bonds is 7. The van der Waals surface area contributed by atoms with E-state index in [2.05, 4.69) is 34.1 Å². The van der Waals surface area contributed by atoms with Gasteiger partial charge < -0.3 is 19.8 Å². The molecule has 0 saturated carbocycles. The molecule has 6 rings (SSSR count). The van der Waals surface area contributed by atoms with Crippen molar-refractivity contribution < 1.29 is 27.4 Å². The minimum Gasteiger partial charge on any atom is -0.493 e. The summed E-state index contributed by atoms with van der Waals surface area (Å²) in [6, 6.07) is 11.6. The summed E-state index contributed by atoms with van der Waals surface area (Å²) >= 11 is 0. The van der Waals surface area contributed by atoms with Crippen molar-refractivity contribution in [2.24, 2.45) is 5.92 Å². The Morgan fingerprint density at radius 2 is 1.95 bits per heavy atom. The van der Waals surface area contributed by atoms with E-state index >= 15 is 0 Å². The zero-order valence-corrected chi connectivity index (χ0v) is 23.3. The molecule has 0 bridgehead atoms. The summed E-state index contributed by atoms with van der Waals surface area (Å²) in [5, 5.41) is 2.78. The Balaban J connectivity index is 1.21. The monoisotopic (exact) mass is 576 g/mol. The number of aryl methyl sites for hydroxylation is 1. The number of carbonyl (C=O) groups excluding carboxylic acids is 1. The highest BCUT2D eigenvalue weighted by molar-refractivity contribution is 5.93. The van der Waals surface area contributed by atoms with E-state index in [-0.39, 0.29) is 11.8 Å². The predicted molar refractivity (Wildman–Crippen MR) is 152 cm³/mol. The number of H-pyrrole nitrogens is 1. The van der Waals surface area contributed by atoms with Crippen LogP contribution in [0.4, 0.5) is 19.0 Å². The van der Waals surface area contributed by atoms with Crippen LogP contribution in [0.3, 0.4) is 0 Å². The average molecular weight is 577 g/mol. The van der Waals surface area contributed by atoms with E-state index < -0.39 is 11.7 Å². The van der Waals surface area contributed by atoms with Crippen LogP contribution >= 0.6 is 0 Å². The number of imidazole rings is 1. The first-order valence-corrected chi connectivity index (χ1v) is 14.1. The maximum Gasteiger partial charge on any atom is 0.416 e. The molecule has 1 atom stereocenters. The minimum atomic E-state index is -4.43. The molecule has 2 aromatic heterocycles. The highest BCUT2D eigenvalue weighted by Crippen LogP contribution is 2.38. The molecule has 4 aromatic rings. The van der Waals surface area contributed by atoms with Crippen molar-refractivity contribution >= 4 is 11.7 Å². The van der Waals surface area contributed by atoms with E-state index in [4.69, 9.17) is 9.47 Å². The zero-order chi connectivity index (χ0) is 29.4. The quantitative estimate of drug-likeness (QED) is 0.238. The highest BCUT2D eigenvalue weighted by Gasteiger charge is 2.32. The van der Waals surface area contributed by atoms with Gasteiger partial charge in [0.2, 0.25) is 5.91 Å². The Bertz CT molecular complexity index is 1630. The normalized spacial score (nSPS) is 16.4. The molecule has 0 fully saturated rings. The van der Waals surface area contributed by atoms with Crippen LogP contribution in [0.1, 0.15) is 60.7 Å². The average Bonchev–Trinajstić information content (AvgIpc) is 3.46. The third-order valence-corrected chi connectivity index (χ3v) is 7.66. The second kappa shape index (κ2) is 11.2. The summed E-state index contributed by atoms with van der Waals surface area (Å²) in [5.74, 6) is 3.40. The van der Waals surface area contributed by atoms with Gasteiger partial charge in [-0.3, -0.25) is 4.79 Å². The number of nitrogens with zero attached hydrogens (tertiary/aromatic N) is 2. The van der Waals surface area contributed by atoms with Crippen molar-refractivity contribution in [1.29, 1.82) is 0 Å². The van der Waals surface area contributed by atoms with Crippen LogP contribution in [-0.4, -0.2) is 27.5 Å². The molecule has 4 heterocycles. The molecule has 2 aliphatic rings. The van der Waals surface area contributed by atoms with E-state index in [9.17, 15) is 18.0 Å². The largest absolute Gasteiger partial charge is 0.493 e. The summed E-state index contributed by atoms with van der Waals surface area (Å²) in [6.45, 7) is 4.50. The molecule has 42 heavy (non-hydrogen) atoms. The third-order valence-electron chi connectivity index (χ3n) is 7.66. The van der Waals surface area contributed by atoms with Crippen LogP contribution in [-0.2, 0) is 30.2 Å². The summed E-state index contributed by atoms with van der Waals surface area (Å²) in [4.78, 5) is 23.8. The van der Waals surface area contributed by atoms with Gasteiger partial charge in [-0.05, 0) is 85.2 Å². The number of halogens is 3. The van der Waals surface area contributed by atoms with Crippen LogP contribution in [0.5, 0.6) is 17.2 Å². The summed E-state index contributed by atoms with van der Waals surface area (Å²) in [6.07, 6.45) is 1.68. The van der Waals surface area contributed by atoms with Crippen molar-refractivity contribution in [3.8, 4) is 28.5 Å². The molecule has 0 saturated heterocycles. The number of ether oxygens (including phenoxy) is 2. The van der Waals surface area contributed by atoms with Crippen LogP contribution in [0.15, 0.2) is 54.9 Å². The van der Waals surface area contributed by atoms with E-state index in [0.29, 0.717) is 78.2 Å². The number of pyridine rings is 1. The Labute approximate surface area is 241 Å². The van der Waals surface area contributed by atoms with Crippen LogP contribution < -0.4 is 14.8 Å². The van der Waals surface area contributed by atoms with Crippen molar-refractivity contribution in [1.82, 2.24) is 15.0 Å². The standard InChI is InChI=1S/C32H31F3N4O3/c1-18(2)3-4-19-11-20(14-23(12-19)32(33,34)35)26-16-37-30(38-26)22-13-21-15-24(5-7-27(21)41-17-22)42-28-9-10-36-31-25(28)6-8-29(40)39-31/h5,7,9-12,14-16,18,22H,3-4,6,8,13,17H2,1-2H3,(H,37,38)(H,36,39,40). The number of hydrogen-bond acceptors (Lipinski definition) is 5. The van der Waals surface area contributed by atoms with Crippen molar-refractivity contribution in [3.05, 3.63) is 82.9 Å². The molecule has 2 aliphatic heterocycles. The van der Waals surface area contributed by atoms with Crippen molar-refractivity contribution in [3.63, 3.8) is 0 Å². The molecule has 0 radical (unpaired) electrons. The van der Waals surface area contributed by atoms with Gasteiger partial charge in [-0.1, -0.05) is 13.8 Å². The number of carbonyl (C=O) groups is 1. The van der Waals surface area contributed by atoms with Gasteiger partial charge in [0.25, 0.3) is 0 Å². The lowest BCUT2D eigenvalue weighted by Gasteiger charge is -2.25.